The highest BCUT2D eigenvalue weighted by molar-refractivity contribution is 8.00. The van der Waals surface area contributed by atoms with E-state index < -0.39 is 0 Å². The number of hydrogen-bond donors (Lipinski definition) is 7. The molecule has 3 atom stereocenters. The molecule has 0 spiro atoms. The summed E-state index contributed by atoms with van der Waals surface area (Å²) in [5.41, 5.74) is 0.826. The minimum atomic E-state index is -0.301. The van der Waals surface area contributed by atoms with Gasteiger partial charge in [0.25, 0.3) is 0 Å². The van der Waals surface area contributed by atoms with Gasteiger partial charge in [0.15, 0.2) is 0 Å². The smallest absolute Gasteiger partial charge is 0.249 e. The lowest BCUT2D eigenvalue weighted by molar-refractivity contribution is -0.123. The number of aromatic nitrogens is 3. The lowest BCUT2D eigenvalue weighted by atomic mass is 9.94. The summed E-state index contributed by atoms with van der Waals surface area (Å²) in [7, 11) is 1.97. The third-order valence-electron chi connectivity index (χ3n) is 12.5. The number of carbonyl (C=O) groups is 5. The minimum absolute atomic E-state index is 0.0687. The Morgan fingerprint density at radius 2 is 1.30 bits per heavy atom. The van der Waals surface area contributed by atoms with E-state index in [-0.39, 0.29) is 36.0 Å². The van der Waals surface area contributed by atoms with E-state index in [0.717, 1.165) is 68.0 Å². The summed E-state index contributed by atoms with van der Waals surface area (Å²) < 4.78 is 22.6. The standard InChI is InChI=1S/C56H77N11O9S/c1-67(31-11-22-55(71)66-49-18-9-17-48(64-49)65-51-39-50(60-41-61-51)62-42-23-25-44(26-24-42)76-43-14-3-2-4-15-43)30-8-7-27-57-53(69)20-10-21-54(70)59-29-13-33-74-35-37-75-36-34-73-32-12-28-58-52(68)19-6-5-16-47-45-38-56(72)63-46(45)40-77-47/h2-4,9,11,14-15,17-18,22-26,39,41,45-47H,5-8,10,12-13,16,19-21,27-38,40H2,1H3,(H,57,69)(H,58,68)(H,59,70)(H,63,72)(H3,60,61,62,64,65,66,71)/b22-11+/t45-,46-,47-/m0/s1. The quantitative estimate of drug-likeness (QED) is 0.0178. The lowest BCUT2D eigenvalue weighted by Gasteiger charge is -2.15. The zero-order valence-corrected chi connectivity index (χ0v) is 45.1. The molecule has 2 saturated heterocycles. The normalized spacial score (nSPS) is 15.7. The molecule has 4 aromatic rings. The molecule has 0 saturated carbocycles. The number of nitrogens with one attached hydrogen (secondary N) is 7. The summed E-state index contributed by atoms with van der Waals surface area (Å²) in [6, 6.07) is 24.5. The minimum Gasteiger partial charge on any atom is -0.457 e. The highest BCUT2D eigenvalue weighted by atomic mass is 32.2. The number of fused-ring (bicyclic) bond motifs is 1. The third kappa shape index (κ3) is 24.5. The molecular formula is C56H77N11O9S. The number of anilines is 5. The molecule has 6 rings (SSSR count). The largest absolute Gasteiger partial charge is 0.457 e. The van der Waals surface area contributed by atoms with E-state index in [1.807, 2.05) is 73.4 Å². The average molecular weight is 1080 g/mol. The molecule has 7 N–H and O–H groups in total. The number of benzene rings is 2. The number of carbonyl (C=O) groups excluding carboxylic acids is 5. The molecule has 2 aromatic carbocycles. The Bertz CT molecular complexity index is 2440. The predicted octanol–water partition coefficient (Wildman–Crippen LogP) is 6.89. The molecule has 5 amide bonds. The first kappa shape index (κ1) is 59.6. The van der Waals surface area contributed by atoms with Gasteiger partial charge >= 0.3 is 0 Å². The monoisotopic (exact) mass is 1080 g/mol. The number of likely N-dealkylation sites (N-methyl/N-ethyl adjacent to an activating group) is 1. The Morgan fingerprint density at radius 3 is 2.00 bits per heavy atom. The van der Waals surface area contributed by atoms with E-state index in [9.17, 15) is 24.0 Å². The van der Waals surface area contributed by atoms with Crippen molar-refractivity contribution in [2.45, 2.75) is 88.3 Å². The summed E-state index contributed by atoms with van der Waals surface area (Å²) in [5.74, 6) is 4.74. The molecule has 2 fully saturated rings. The number of pyridine rings is 1. The van der Waals surface area contributed by atoms with Gasteiger partial charge in [-0.05, 0) is 107 Å². The van der Waals surface area contributed by atoms with Gasteiger partial charge in [0.1, 0.15) is 41.1 Å². The molecule has 0 bridgehead atoms. The number of amides is 5. The highest BCUT2D eigenvalue weighted by Gasteiger charge is 2.42. The summed E-state index contributed by atoms with van der Waals surface area (Å²) >= 11 is 1.96. The first-order valence-corrected chi connectivity index (χ1v) is 28.0. The van der Waals surface area contributed by atoms with Crippen LogP contribution in [-0.4, -0.2) is 146 Å². The maximum atomic E-state index is 12.7. The van der Waals surface area contributed by atoms with Crippen LogP contribution in [0.5, 0.6) is 11.5 Å². The molecule has 20 nitrogen and oxygen atoms in total. The van der Waals surface area contributed by atoms with E-state index in [4.69, 9.17) is 18.9 Å². The van der Waals surface area contributed by atoms with Crippen LogP contribution in [0.15, 0.2) is 97.3 Å². The van der Waals surface area contributed by atoms with Crippen LogP contribution in [0.4, 0.5) is 29.0 Å². The number of ether oxygens (including phenoxy) is 4. The van der Waals surface area contributed by atoms with Crippen LogP contribution in [0.3, 0.4) is 0 Å². The van der Waals surface area contributed by atoms with Crippen molar-refractivity contribution in [2.24, 2.45) is 5.92 Å². The van der Waals surface area contributed by atoms with Crippen molar-refractivity contribution >= 4 is 70.3 Å². The molecule has 0 radical (unpaired) electrons. The van der Waals surface area contributed by atoms with Gasteiger partial charge in [0.05, 0.1) is 26.4 Å². The summed E-state index contributed by atoms with van der Waals surface area (Å²) in [5, 5.41) is 21.6. The number of thioether (sulfide) groups is 1. The Balaban J connectivity index is 0.674. The maximum Gasteiger partial charge on any atom is 0.249 e. The van der Waals surface area contributed by atoms with Crippen LogP contribution in [0.1, 0.15) is 77.0 Å². The predicted molar refractivity (Wildman–Crippen MR) is 300 cm³/mol. The highest BCUT2D eigenvalue weighted by Crippen LogP contribution is 2.40. The average Bonchev–Trinajstić information content (AvgIpc) is 3.99. The van der Waals surface area contributed by atoms with Gasteiger partial charge in [0, 0.05) is 106 Å². The molecule has 0 aliphatic carbocycles. The van der Waals surface area contributed by atoms with E-state index >= 15 is 0 Å². The van der Waals surface area contributed by atoms with E-state index in [1.54, 1.807) is 30.3 Å². The second-order valence-corrected chi connectivity index (χ2v) is 20.1. The second-order valence-electron chi connectivity index (χ2n) is 18.9. The van der Waals surface area contributed by atoms with E-state index in [0.29, 0.717) is 138 Å². The Hall–Kier alpha value is -6.65. The van der Waals surface area contributed by atoms with Gasteiger partial charge in [-0.25, -0.2) is 15.0 Å². The van der Waals surface area contributed by atoms with Crippen molar-refractivity contribution in [3.05, 3.63) is 97.3 Å². The molecule has 77 heavy (non-hydrogen) atoms. The zero-order valence-electron chi connectivity index (χ0n) is 44.3. The summed E-state index contributed by atoms with van der Waals surface area (Å²) in [4.78, 5) is 76.2. The van der Waals surface area contributed by atoms with Crippen LogP contribution in [-0.2, 0) is 38.2 Å². The number of nitrogens with zero attached hydrogens (tertiary/aromatic N) is 4. The van der Waals surface area contributed by atoms with E-state index in [2.05, 4.69) is 57.1 Å². The SMILES string of the molecule is CN(C/C=C/C(=O)Nc1cccc(Nc2cc(Nc3ccc(Oc4ccccc4)cc3)ncn2)n1)CCCCNC(=O)CCCC(=O)NCCCOCCOCCOCCCNC(=O)CCCC[C@@H]1SC[C@@H]2NC(=O)C[C@@H]21. The van der Waals surface area contributed by atoms with Crippen molar-refractivity contribution in [1.82, 2.24) is 41.1 Å². The Labute approximate surface area is 456 Å². The molecule has 4 heterocycles. The van der Waals surface area contributed by atoms with Crippen molar-refractivity contribution in [1.29, 1.82) is 0 Å². The Morgan fingerprint density at radius 1 is 0.675 bits per heavy atom. The Kier molecular flexibility index (Phi) is 27.0. The molecule has 2 aliphatic rings. The van der Waals surface area contributed by atoms with Gasteiger partial charge in [0.2, 0.25) is 29.5 Å². The van der Waals surface area contributed by atoms with Gasteiger partial charge in [-0.1, -0.05) is 36.8 Å². The zero-order chi connectivity index (χ0) is 54.1. The van der Waals surface area contributed by atoms with Gasteiger partial charge in [-0.15, -0.1) is 0 Å². The molecule has 2 aromatic heterocycles. The maximum absolute atomic E-state index is 12.7. The summed E-state index contributed by atoms with van der Waals surface area (Å²) in [6.45, 7) is 5.92. The lowest BCUT2D eigenvalue weighted by Crippen LogP contribution is -2.29. The van der Waals surface area contributed by atoms with Crippen molar-refractivity contribution < 1.29 is 42.9 Å². The van der Waals surface area contributed by atoms with E-state index in [1.165, 1.54) is 12.4 Å². The number of rotatable bonds is 38. The molecular weight excluding hydrogens is 1000 g/mol. The first-order chi connectivity index (χ1) is 37.6. The van der Waals surface area contributed by atoms with Crippen LogP contribution in [0.2, 0.25) is 0 Å². The van der Waals surface area contributed by atoms with Crippen LogP contribution < -0.4 is 42.0 Å². The number of para-hydroxylation sites is 1. The van der Waals surface area contributed by atoms with Crippen LogP contribution in [0.25, 0.3) is 0 Å². The van der Waals surface area contributed by atoms with Gasteiger partial charge in [-0.3, -0.25) is 24.0 Å². The topological polar surface area (TPSA) is 248 Å². The fourth-order valence-electron chi connectivity index (χ4n) is 8.50. The number of hydrogen-bond acceptors (Lipinski definition) is 16. The van der Waals surface area contributed by atoms with Crippen molar-refractivity contribution in [3.63, 3.8) is 0 Å². The fourth-order valence-corrected chi connectivity index (χ4v) is 10.1. The van der Waals surface area contributed by atoms with Crippen molar-refractivity contribution in [3.8, 4) is 11.5 Å². The molecule has 21 heteroatoms. The number of unbranched alkanes of at least 4 members (excludes halogenated alkanes) is 2. The van der Waals surface area contributed by atoms with Gasteiger partial charge < -0.3 is 61.1 Å². The van der Waals surface area contributed by atoms with Crippen molar-refractivity contribution in [2.75, 3.05) is 101 Å². The first-order valence-electron chi connectivity index (χ1n) is 26.9. The van der Waals surface area contributed by atoms with Gasteiger partial charge in [-0.2, -0.15) is 11.8 Å². The second kappa shape index (κ2) is 34.9. The third-order valence-corrected chi connectivity index (χ3v) is 14.1. The fraction of sp³-hybridized carbons (Fsp3) is 0.500. The molecule has 2 aliphatic heterocycles. The van der Waals surface area contributed by atoms with Crippen LogP contribution in [0, 0.1) is 5.92 Å². The van der Waals surface area contributed by atoms with Crippen LogP contribution >= 0.6 is 11.8 Å². The molecule has 0 unspecified atom stereocenters. The summed E-state index contributed by atoms with van der Waals surface area (Å²) in [6.07, 6.45) is 13.0. The molecule has 416 valence electrons.